The molecule has 0 unspecified atom stereocenters. The van der Waals surface area contributed by atoms with Crippen LogP contribution in [-0.2, 0) is 66.3 Å². The predicted octanol–water partition coefficient (Wildman–Crippen LogP) is -16.1. The molecule has 0 saturated carbocycles. The molecule has 21 saturated heterocycles. The van der Waals surface area contributed by atoms with Crippen LogP contribution in [-0.4, -0.2) is 389 Å². The number of rotatable bonds is 13. The van der Waals surface area contributed by atoms with Crippen molar-refractivity contribution in [2.75, 3.05) is 72.4 Å². The third-order valence-corrected chi connectivity index (χ3v) is 15.7. The van der Waals surface area contributed by atoms with Crippen LogP contribution in [0.1, 0.15) is 0 Å². The molecule has 484 valence electrons. The molecule has 0 radical (unpaired) electrons. The molecule has 21 fully saturated rings. The molecule has 0 aromatic carbocycles. The molecule has 21 rings (SSSR count). The van der Waals surface area contributed by atoms with E-state index in [1.54, 1.807) is 0 Å². The van der Waals surface area contributed by atoms with E-state index in [9.17, 15) is 102 Å². The van der Waals surface area contributed by atoms with Crippen LogP contribution in [0.5, 0.6) is 0 Å². The van der Waals surface area contributed by atoms with Crippen molar-refractivity contribution in [3.05, 3.63) is 0 Å². The van der Waals surface area contributed by atoms with Gasteiger partial charge in [0.15, 0.2) is 44.0 Å². The standard InChI is InChI=1S/C46H81N3O34/c47-1-2-48-3-4-49-5-12-33-19(56)26(63)40(70-12)78-34-13(6-50)72-42(28(65)21(34)58)80-36-15(8-52)74-44(30(67)23(36)60)82-38-17(10-54)76-46(32(69)25(38)62)83-39-18(11-55)75-45(31(68)24(39)61)81-37-16(9-53)73-43(29(66)22(37)59)79-35-14(7-51)71-41(77-33)27(64)20(35)57/h12-46,48-69H,1-11,47H2/t12-,13-,14-,15-,16-,17-,18-,19-,20-,21-,22-,23-,24-,25+,26-,27-,28-,29-,30-,31-,32+,33-,34-,35-,36-,37-,38-,39-,40-,41-,42-,43-,44-,45-,46-/m1/s1. The molecule has 21 aliphatic heterocycles. The predicted molar refractivity (Wildman–Crippen MR) is 256 cm³/mol. The number of hydrogen-bond acceptors (Lipinski definition) is 37. The molecule has 0 aliphatic carbocycles. The minimum atomic E-state index is -2.21. The summed E-state index contributed by atoms with van der Waals surface area (Å²) in [5.74, 6) is 0. The second kappa shape index (κ2) is 29.9. The quantitative estimate of drug-likeness (QED) is 0.0762. The molecule has 37 nitrogen and oxygen atoms in total. The van der Waals surface area contributed by atoms with Crippen LogP contribution in [0.25, 0.3) is 0 Å². The molecule has 0 aromatic rings. The molecule has 0 amide bonds. The monoisotopic (exact) mass is 1220 g/mol. The van der Waals surface area contributed by atoms with Crippen LogP contribution in [0.3, 0.4) is 0 Å². The van der Waals surface area contributed by atoms with Crippen molar-refractivity contribution in [2.45, 2.75) is 215 Å². The van der Waals surface area contributed by atoms with Crippen molar-refractivity contribution >= 4 is 0 Å². The summed E-state index contributed by atoms with van der Waals surface area (Å²) in [6, 6.07) is 0. The van der Waals surface area contributed by atoms with Gasteiger partial charge >= 0.3 is 0 Å². The zero-order chi connectivity index (χ0) is 60.3. The molecule has 21 aliphatic rings. The Morgan fingerprint density at radius 3 is 0.602 bits per heavy atom. The Kier molecular flexibility index (Phi) is 24.3. The molecule has 37 heteroatoms. The van der Waals surface area contributed by atoms with E-state index >= 15 is 0 Å². The number of nitrogens with two attached hydrogens (primary N) is 1. The Labute approximate surface area is 471 Å². The lowest BCUT2D eigenvalue weighted by atomic mass is 9.95. The molecule has 35 atom stereocenters. The van der Waals surface area contributed by atoms with Gasteiger partial charge in [0.2, 0.25) is 0 Å². The Hall–Kier alpha value is -1.48. The van der Waals surface area contributed by atoms with Gasteiger partial charge in [-0.2, -0.15) is 0 Å². The van der Waals surface area contributed by atoms with Gasteiger partial charge in [0.25, 0.3) is 0 Å². The van der Waals surface area contributed by atoms with Crippen LogP contribution in [0, 0.1) is 0 Å². The first-order chi connectivity index (χ1) is 39.7. The van der Waals surface area contributed by atoms with E-state index in [0.29, 0.717) is 19.6 Å². The smallest absolute Gasteiger partial charge is 0.187 e. The second-order valence-corrected chi connectivity index (χ2v) is 21.2. The molecule has 83 heavy (non-hydrogen) atoms. The fourth-order valence-corrected chi connectivity index (χ4v) is 11.1. The van der Waals surface area contributed by atoms with Gasteiger partial charge in [0.05, 0.1) is 39.6 Å². The van der Waals surface area contributed by atoms with E-state index < -0.39 is 255 Å². The van der Waals surface area contributed by atoms with Crippen molar-refractivity contribution in [3.8, 4) is 0 Å². The van der Waals surface area contributed by atoms with Gasteiger partial charge in [-0.3, -0.25) is 0 Å². The maximum Gasteiger partial charge on any atom is 0.187 e. The van der Waals surface area contributed by atoms with Gasteiger partial charge < -0.3 is 185 Å². The van der Waals surface area contributed by atoms with Crippen molar-refractivity contribution in [1.29, 1.82) is 0 Å². The maximum atomic E-state index is 11.7. The molecule has 24 N–H and O–H groups in total. The largest absolute Gasteiger partial charge is 0.394 e. The third-order valence-electron chi connectivity index (χ3n) is 15.7. The first-order valence-electron chi connectivity index (χ1n) is 27.1. The lowest BCUT2D eigenvalue weighted by Gasteiger charge is -2.50. The topological polar surface area (TPSA) is 584 Å². The molecular weight excluding hydrogens is 1140 g/mol. The van der Waals surface area contributed by atoms with Gasteiger partial charge in [-0.1, -0.05) is 0 Å². The second-order valence-electron chi connectivity index (χ2n) is 21.2. The Bertz CT molecular complexity index is 1940. The third kappa shape index (κ3) is 14.3. The fraction of sp³-hybridized carbons (Fsp3) is 1.00. The van der Waals surface area contributed by atoms with Gasteiger partial charge in [0.1, 0.15) is 171 Å². The first kappa shape index (κ1) is 67.5. The molecule has 0 spiro atoms. The number of nitrogens with one attached hydrogen (secondary N) is 2. The van der Waals surface area contributed by atoms with Crippen molar-refractivity contribution in [2.24, 2.45) is 5.73 Å². The number of ether oxygens (including phenoxy) is 14. The highest BCUT2D eigenvalue weighted by Crippen LogP contribution is 2.39. The summed E-state index contributed by atoms with van der Waals surface area (Å²) in [4.78, 5) is 0. The van der Waals surface area contributed by atoms with Crippen LogP contribution in [0.2, 0.25) is 0 Å². The summed E-state index contributed by atoms with van der Waals surface area (Å²) < 4.78 is 81.1. The molecular formula is C46H81N3O34. The van der Waals surface area contributed by atoms with Gasteiger partial charge in [0, 0.05) is 32.7 Å². The van der Waals surface area contributed by atoms with Crippen molar-refractivity contribution in [1.82, 2.24) is 10.6 Å². The zero-order valence-electron chi connectivity index (χ0n) is 44.2. The van der Waals surface area contributed by atoms with Gasteiger partial charge in [-0.25, -0.2) is 0 Å². The van der Waals surface area contributed by atoms with E-state index in [2.05, 4.69) is 10.6 Å². The van der Waals surface area contributed by atoms with Crippen LogP contribution >= 0.6 is 0 Å². The average Bonchev–Trinajstić information content (AvgIpc) is 3.66. The maximum absolute atomic E-state index is 11.7. The van der Waals surface area contributed by atoms with Crippen LogP contribution < -0.4 is 16.4 Å². The number of hydrogen-bond donors (Lipinski definition) is 23. The van der Waals surface area contributed by atoms with E-state index in [-0.39, 0.29) is 13.1 Å². The SMILES string of the molecule is NCCNCCNC[C@H]1O[C@@H]2O[C@H]3[C@H](O)[C@@H](O)[C@@H](O[C@H]4[C@H](O)[C@@H](O)[C@@H](O[C@H]5[C@@H](O)[C@H](O)[C@@H](O[C@H]6[C@H](O)[C@@H](O)[C@@H](O[C@H]7[C@H](O)[C@@H](O)[C@@H](O[C@H]8[C@H](O)[C@@H](O)[C@@H](O[C@H]1[C@H](O)[C@H]2O)O[C@@H]8CO)O[C@@H]7CO)O[C@@H]6CO)O[C@@H]5CO)O[C@@H]4CO)O[C@@H]3CO. The van der Waals surface area contributed by atoms with Crippen molar-refractivity contribution < 1.29 is 168 Å². The highest BCUT2D eigenvalue weighted by Gasteiger charge is 2.59. The van der Waals surface area contributed by atoms with E-state index in [1.165, 1.54) is 0 Å². The lowest BCUT2D eigenvalue weighted by Crippen LogP contribution is -2.68. The number of aliphatic hydroxyl groups excluding tert-OH is 20. The summed E-state index contributed by atoms with van der Waals surface area (Å²) in [6.45, 7) is -5.14. The summed E-state index contributed by atoms with van der Waals surface area (Å²) in [5, 5.41) is 229. The Morgan fingerprint density at radius 1 is 0.229 bits per heavy atom. The van der Waals surface area contributed by atoms with Gasteiger partial charge in [-0.05, 0) is 0 Å². The molecule has 0 aromatic heterocycles. The minimum Gasteiger partial charge on any atom is -0.394 e. The van der Waals surface area contributed by atoms with Gasteiger partial charge in [-0.15, -0.1) is 0 Å². The van der Waals surface area contributed by atoms with E-state index in [4.69, 9.17) is 72.0 Å². The normalized spacial score (nSPS) is 52.2. The minimum absolute atomic E-state index is 0.224. The number of aliphatic hydroxyl groups is 20. The summed E-state index contributed by atoms with van der Waals surface area (Å²) in [7, 11) is 0. The average molecular weight is 1220 g/mol. The van der Waals surface area contributed by atoms with Crippen LogP contribution in [0.4, 0.5) is 0 Å². The summed E-state index contributed by atoms with van der Waals surface area (Å²) in [6.07, 6.45) is -69.2. The zero-order valence-corrected chi connectivity index (χ0v) is 44.2. The molecule has 14 bridgehead atoms. The Balaban J connectivity index is 1.09. The fourth-order valence-electron chi connectivity index (χ4n) is 11.1. The first-order valence-corrected chi connectivity index (χ1v) is 27.1. The van der Waals surface area contributed by atoms with Crippen LogP contribution in [0.15, 0.2) is 0 Å². The van der Waals surface area contributed by atoms with E-state index in [1.807, 2.05) is 0 Å². The Morgan fingerprint density at radius 2 is 0.410 bits per heavy atom. The highest BCUT2D eigenvalue weighted by molar-refractivity contribution is 5.02. The molecule has 21 heterocycles. The lowest BCUT2D eigenvalue weighted by molar-refractivity contribution is -0.396. The van der Waals surface area contributed by atoms with Crippen molar-refractivity contribution in [3.63, 3.8) is 0 Å². The van der Waals surface area contributed by atoms with E-state index in [0.717, 1.165) is 0 Å². The summed E-state index contributed by atoms with van der Waals surface area (Å²) >= 11 is 0. The summed E-state index contributed by atoms with van der Waals surface area (Å²) in [5.41, 5.74) is 5.56. The highest BCUT2D eigenvalue weighted by atomic mass is 16.8.